The molecule has 444 valence electrons. The van der Waals surface area contributed by atoms with E-state index in [9.17, 15) is 0 Å². The third-order valence-corrected chi connectivity index (χ3v) is 15.5. The van der Waals surface area contributed by atoms with E-state index < -0.39 is 0 Å². The van der Waals surface area contributed by atoms with E-state index in [-0.39, 0.29) is 0 Å². The van der Waals surface area contributed by atoms with Crippen molar-refractivity contribution < 1.29 is 28.4 Å². The van der Waals surface area contributed by atoms with E-state index >= 15 is 0 Å². The Morgan fingerprint density at radius 3 is 0.619 bits per heavy atom. The molecule has 0 unspecified atom stereocenters. The minimum atomic E-state index is 0.468. The van der Waals surface area contributed by atoms with E-state index in [0.717, 1.165) is 166 Å². The number of nitrogens with one attached hydrogen (secondary N) is 6. The average Bonchev–Trinajstić information content (AvgIpc) is 3.61. The molecule has 7 aromatic carbocycles. The second kappa shape index (κ2) is 33.5. The van der Waals surface area contributed by atoms with Crippen LogP contribution in [0, 0.1) is 0 Å². The van der Waals surface area contributed by atoms with Crippen LogP contribution in [0.1, 0.15) is 50.1 Å². The second-order valence-electron chi connectivity index (χ2n) is 21.8. The van der Waals surface area contributed by atoms with Gasteiger partial charge in [-0.3, -0.25) is 14.7 Å². The molecule has 0 saturated carbocycles. The van der Waals surface area contributed by atoms with Crippen molar-refractivity contribution in [1.82, 2.24) is 46.6 Å². The highest BCUT2D eigenvalue weighted by atomic mass is 16.5. The van der Waals surface area contributed by atoms with Gasteiger partial charge in [-0.2, -0.15) is 0 Å². The molecule has 7 aromatic rings. The van der Waals surface area contributed by atoms with Gasteiger partial charge in [0.1, 0.15) is 74.1 Å². The van der Waals surface area contributed by atoms with Crippen molar-refractivity contribution >= 4 is 0 Å². The largest absolute Gasteiger partial charge is 0.490 e. The van der Waals surface area contributed by atoms with Crippen LogP contribution in [0.3, 0.4) is 0 Å². The molecule has 3 heterocycles. The van der Waals surface area contributed by atoms with Crippen LogP contribution in [0.5, 0.6) is 34.5 Å². The minimum absolute atomic E-state index is 0.468. The van der Waals surface area contributed by atoms with Gasteiger partial charge in [-0.05, 0) is 53.1 Å². The van der Waals surface area contributed by atoms with Gasteiger partial charge in [0.15, 0.2) is 0 Å². The summed E-state index contributed by atoms with van der Waals surface area (Å²) in [6, 6.07) is 57.4. The summed E-state index contributed by atoms with van der Waals surface area (Å²) in [5.41, 5.74) is 10.8. The quantitative estimate of drug-likeness (QED) is 0.0956. The van der Waals surface area contributed by atoms with Gasteiger partial charge >= 0.3 is 0 Å². The van der Waals surface area contributed by atoms with Crippen molar-refractivity contribution in [1.29, 1.82) is 0 Å². The molecule has 0 bridgehead atoms. The number of hydrogen-bond acceptors (Lipinski definition) is 15. The normalized spacial score (nSPS) is 17.9. The van der Waals surface area contributed by atoms with Crippen LogP contribution >= 0.6 is 0 Å². The van der Waals surface area contributed by atoms with E-state index in [2.05, 4.69) is 174 Å². The summed E-state index contributed by atoms with van der Waals surface area (Å²) in [7, 11) is 0. The first-order chi connectivity index (χ1) is 41.6. The first-order valence-corrected chi connectivity index (χ1v) is 30.4. The first-order valence-electron chi connectivity index (χ1n) is 30.4. The van der Waals surface area contributed by atoms with Crippen LogP contribution in [0.15, 0.2) is 164 Å². The number of fused-ring (bicyclic) bond motifs is 6. The van der Waals surface area contributed by atoms with Gasteiger partial charge in [-0.25, -0.2) is 0 Å². The van der Waals surface area contributed by atoms with Gasteiger partial charge in [-0.15, -0.1) is 0 Å². The van der Waals surface area contributed by atoms with Crippen LogP contribution in [0.4, 0.5) is 0 Å². The predicted molar refractivity (Wildman–Crippen MR) is 334 cm³/mol. The lowest BCUT2D eigenvalue weighted by Crippen LogP contribution is -2.37. The van der Waals surface area contributed by atoms with Gasteiger partial charge in [0.25, 0.3) is 0 Å². The highest BCUT2D eigenvalue weighted by Crippen LogP contribution is 2.25. The Bertz CT molecular complexity index is 2570. The number of ether oxygens (including phenoxy) is 6. The molecule has 0 aromatic heterocycles. The molecule has 0 aliphatic carbocycles. The standard InChI is InChI=1S/C69H87N9O6/c1-7-19-64-58(13-1)46-70-25-31-76(32-26-71-47-59-14-2-8-20-65(59)80-38-37-79-64)52-55-43-56(53-77-33-27-72-48-60-15-3-9-21-66(60)81-39-40-82-67-22-10-4-16-61(67)49-73-28-34-77)45-57(44-55)54-78-35-29-74-50-62-17-5-11-23-68(62)83-41-42-84-69-24-12-6-18-63(69)51-75-30-36-78/h1-24,43-45,70-75H,25-42,46-54H2. The Balaban J connectivity index is 0.913. The Hall–Kier alpha value is -7.02. The Morgan fingerprint density at radius 1 is 0.250 bits per heavy atom. The van der Waals surface area contributed by atoms with Crippen LogP contribution in [-0.4, -0.2) is 133 Å². The van der Waals surface area contributed by atoms with Crippen molar-refractivity contribution in [2.75, 3.05) is 118 Å². The van der Waals surface area contributed by atoms with Crippen LogP contribution < -0.4 is 60.3 Å². The summed E-state index contributed by atoms with van der Waals surface area (Å²) in [6.07, 6.45) is 0. The van der Waals surface area contributed by atoms with Crippen molar-refractivity contribution in [3.8, 4) is 34.5 Å². The maximum atomic E-state index is 6.30. The zero-order valence-electron chi connectivity index (χ0n) is 49.0. The molecule has 0 saturated heterocycles. The van der Waals surface area contributed by atoms with Crippen LogP contribution in [0.25, 0.3) is 0 Å². The molecule has 15 nitrogen and oxygen atoms in total. The highest BCUT2D eigenvalue weighted by molar-refractivity contribution is 5.38. The van der Waals surface area contributed by atoms with Gasteiger partial charge in [-0.1, -0.05) is 127 Å². The Labute approximate surface area is 498 Å². The van der Waals surface area contributed by atoms with E-state index in [1.807, 2.05) is 36.4 Å². The summed E-state index contributed by atoms with van der Waals surface area (Å²) in [4.78, 5) is 7.80. The van der Waals surface area contributed by atoms with Crippen molar-refractivity contribution in [2.24, 2.45) is 0 Å². The molecule has 0 amide bonds. The molecule has 6 N–H and O–H groups in total. The second-order valence-corrected chi connectivity index (χ2v) is 21.8. The molecule has 15 heteroatoms. The van der Waals surface area contributed by atoms with Crippen molar-refractivity contribution in [3.05, 3.63) is 214 Å². The van der Waals surface area contributed by atoms with E-state index in [4.69, 9.17) is 28.4 Å². The Kier molecular flexibility index (Phi) is 23.9. The van der Waals surface area contributed by atoms with Gasteiger partial charge in [0.2, 0.25) is 0 Å². The SMILES string of the molecule is c1ccc2c(c1)CNCCN(Cc1cc(CN3CCNCc4ccccc4OCCOc4ccccc4CNCC3)cc(CN3CCNCc4ccccc4OCCOc4ccccc4CNCC3)c1)CCNCc1ccccc1OCCO2. The monoisotopic (exact) mass is 1140 g/mol. The summed E-state index contributed by atoms with van der Waals surface area (Å²) in [5.74, 6) is 5.34. The zero-order chi connectivity index (χ0) is 57.1. The number of hydrogen-bond donors (Lipinski definition) is 6. The third kappa shape index (κ3) is 19.3. The highest BCUT2D eigenvalue weighted by Gasteiger charge is 2.17. The lowest BCUT2D eigenvalue weighted by molar-refractivity contribution is 0.214. The molecule has 0 fully saturated rings. The van der Waals surface area contributed by atoms with E-state index in [0.29, 0.717) is 78.9 Å². The topological polar surface area (TPSA) is 137 Å². The molecular formula is C69H87N9O6. The lowest BCUT2D eigenvalue weighted by atomic mass is 10.0. The molecule has 3 aliphatic rings. The summed E-state index contributed by atoms with van der Waals surface area (Å²) in [6.45, 7) is 19.7. The van der Waals surface area contributed by atoms with E-state index in [1.54, 1.807) is 0 Å². The van der Waals surface area contributed by atoms with Gasteiger partial charge in [0, 0.05) is 171 Å². The number of rotatable bonds is 6. The van der Waals surface area contributed by atoms with Crippen LogP contribution in [-0.2, 0) is 58.9 Å². The summed E-state index contributed by atoms with van der Waals surface area (Å²) < 4.78 is 37.8. The fourth-order valence-corrected chi connectivity index (χ4v) is 11.1. The molecule has 0 spiro atoms. The Morgan fingerprint density at radius 2 is 0.429 bits per heavy atom. The molecular weight excluding hydrogens is 1050 g/mol. The third-order valence-electron chi connectivity index (χ3n) is 15.5. The fourth-order valence-electron chi connectivity index (χ4n) is 11.1. The number of para-hydroxylation sites is 6. The summed E-state index contributed by atoms with van der Waals surface area (Å²) >= 11 is 0. The molecule has 0 radical (unpaired) electrons. The minimum Gasteiger partial charge on any atom is -0.490 e. The zero-order valence-corrected chi connectivity index (χ0v) is 49.0. The predicted octanol–water partition coefficient (Wildman–Crippen LogP) is 8.15. The van der Waals surface area contributed by atoms with Crippen molar-refractivity contribution in [3.63, 3.8) is 0 Å². The van der Waals surface area contributed by atoms with Gasteiger partial charge in [0.05, 0.1) is 0 Å². The molecule has 0 atom stereocenters. The first kappa shape index (κ1) is 60.1. The molecule has 84 heavy (non-hydrogen) atoms. The van der Waals surface area contributed by atoms with Crippen molar-refractivity contribution in [2.45, 2.75) is 58.9 Å². The average molecular weight is 1140 g/mol. The van der Waals surface area contributed by atoms with Crippen LogP contribution in [0.2, 0.25) is 0 Å². The molecule has 10 rings (SSSR count). The summed E-state index contributed by atoms with van der Waals surface area (Å²) in [5, 5.41) is 22.6. The number of benzene rings is 7. The smallest absolute Gasteiger partial charge is 0.123 e. The lowest BCUT2D eigenvalue weighted by Gasteiger charge is -2.27. The maximum absolute atomic E-state index is 6.30. The molecule has 3 aliphatic heterocycles. The fraction of sp³-hybridized carbons (Fsp3) is 0.391. The maximum Gasteiger partial charge on any atom is 0.123 e. The van der Waals surface area contributed by atoms with Gasteiger partial charge < -0.3 is 60.3 Å². The van der Waals surface area contributed by atoms with E-state index in [1.165, 1.54) is 16.7 Å². The number of nitrogens with zero attached hydrogens (tertiary/aromatic N) is 3.